The van der Waals surface area contributed by atoms with Crippen LogP contribution in [0.4, 0.5) is 0 Å². The SMILES string of the molecule is C[C@H]1NC(=S)S[C@@H]1c1ccccc1. The molecule has 2 rings (SSSR count). The van der Waals surface area contributed by atoms with Crippen molar-refractivity contribution in [2.24, 2.45) is 0 Å². The lowest BCUT2D eigenvalue weighted by molar-refractivity contribution is 0.674. The van der Waals surface area contributed by atoms with Crippen LogP contribution in [0.3, 0.4) is 0 Å². The summed E-state index contributed by atoms with van der Waals surface area (Å²) in [6.07, 6.45) is 0. The van der Waals surface area contributed by atoms with Gasteiger partial charge >= 0.3 is 0 Å². The highest BCUT2D eigenvalue weighted by atomic mass is 32.2. The molecule has 1 nitrogen and oxygen atoms in total. The summed E-state index contributed by atoms with van der Waals surface area (Å²) in [5.74, 6) is 0. The number of thioether (sulfide) groups is 1. The predicted molar refractivity (Wildman–Crippen MR) is 62.0 cm³/mol. The van der Waals surface area contributed by atoms with E-state index in [0.717, 1.165) is 4.32 Å². The molecule has 2 atom stereocenters. The van der Waals surface area contributed by atoms with Gasteiger partial charge in [0.25, 0.3) is 0 Å². The molecule has 3 heteroatoms. The van der Waals surface area contributed by atoms with Crippen LogP contribution in [-0.2, 0) is 0 Å². The van der Waals surface area contributed by atoms with Gasteiger partial charge in [-0.1, -0.05) is 54.3 Å². The normalized spacial score (nSPS) is 27.3. The van der Waals surface area contributed by atoms with Gasteiger partial charge < -0.3 is 5.32 Å². The molecular weight excluding hydrogens is 198 g/mol. The quantitative estimate of drug-likeness (QED) is 0.714. The number of hydrogen-bond donors (Lipinski definition) is 1. The molecule has 0 spiro atoms. The van der Waals surface area contributed by atoms with Gasteiger partial charge in [0.15, 0.2) is 0 Å². The van der Waals surface area contributed by atoms with Crippen LogP contribution >= 0.6 is 24.0 Å². The molecule has 1 aliphatic rings. The first-order valence-electron chi connectivity index (χ1n) is 4.29. The summed E-state index contributed by atoms with van der Waals surface area (Å²) in [6.45, 7) is 2.17. The lowest BCUT2D eigenvalue weighted by atomic mass is 10.1. The molecule has 0 aliphatic carbocycles. The lowest BCUT2D eigenvalue weighted by Crippen LogP contribution is -2.23. The minimum atomic E-state index is 0.444. The Hall–Kier alpha value is -0.540. The number of thiocarbonyl (C=S) groups is 1. The molecule has 1 saturated heterocycles. The van der Waals surface area contributed by atoms with Gasteiger partial charge in [0.1, 0.15) is 4.32 Å². The zero-order valence-electron chi connectivity index (χ0n) is 7.36. The van der Waals surface area contributed by atoms with Crippen LogP contribution in [0.15, 0.2) is 30.3 Å². The van der Waals surface area contributed by atoms with E-state index in [9.17, 15) is 0 Å². The van der Waals surface area contributed by atoms with E-state index >= 15 is 0 Å². The fourth-order valence-electron chi connectivity index (χ4n) is 1.51. The molecule has 1 N–H and O–H groups in total. The minimum Gasteiger partial charge on any atom is -0.367 e. The summed E-state index contributed by atoms with van der Waals surface area (Å²) in [7, 11) is 0. The summed E-state index contributed by atoms with van der Waals surface area (Å²) >= 11 is 6.87. The molecule has 0 radical (unpaired) electrons. The Morgan fingerprint density at radius 3 is 2.54 bits per heavy atom. The third-order valence-electron chi connectivity index (χ3n) is 2.16. The first kappa shape index (κ1) is 9.03. The molecule has 1 aromatic rings. The maximum Gasteiger partial charge on any atom is 0.134 e. The van der Waals surface area contributed by atoms with Crippen LogP contribution in [0, 0.1) is 0 Å². The molecule has 1 heterocycles. The first-order valence-corrected chi connectivity index (χ1v) is 5.58. The van der Waals surface area contributed by atoms with Gasteiger partial charge in [-0.15, -0.1) is 0 Å². The topological polar surface area (TPSA) is 12.0 Å². The van der Waals surface area contributed by atoms with Crippen molar-refractivity contribution in [2.75, 3.05) is 0 Å². The zero-order valence-corrected chi connectivity index (χ0v) is 8.99. The molecule has 1 aliphatic heterocycles. The van der Waals surface area contributed by atoms with Crippen LogP contribution in [-0.4, -0.2) is 10.4 Å². The van der Waals surface area contributed by atoms with Gasteiger partial charge in [0.2, 0.25) is 0 Å². The second-order valence-corrected chi connectivity index (χ2v) is 4.99. The Morgan fingerprint density at radius 2 is 2.00 bits per heavy atom. The Morgan fingerprint density at radius 1 is 1.31 bits per heavy atom. The molecule has 0 aromatic heterocycles. The third-order valence-corrected chi connectivity index (χ3v) is 3.83. The van der Waals surface area contributed by atoms with E-state index < -0.39 is 0 Å². The van der Waals surface area contributed by atoms with Gasteiger partial charge in [0, 0.05) is 6.04 Å². The largest absolute Gasteiger partial charge is 0.367 e. The van der Waals surface area contributed by atoms with E-state index in [1.165, 1.54) is 5.56 Å². The van der Waals surface area contributed by atoms with Crippen LogP contribution in [0.1, 0.15) is 17.7 Å². The van der Waals surface area contributed by atoms with Crippen molar-refractivity contribution in [3.05, 3.63) is 35.9 Å². The van der Waals surface area contributed by atoms with Gasteiger partial charge in [-0.2, -0.15) is 0 Å². The highest BCUT2D eigenvalue weighted by molar-refractivity contribution is 8.23. The predicted octanol–water partition coefficient (Wildman–Crippen LogP) is 2.74. The van der Waals surface area contributed by atoms with Crippen molar-refractivity contribution < 1.29 is 0 Å². The van der Waals surface area contributed by atoms with E-state index in [-0.39, 0.29) is 0 Å². The Balaban J connectivity index is 2.23. The number of benzene rings is 1. The number of nitrogens with one attached hydrogen (secondary N) is 1. The minimum absolute atomic E-state index is 0.444. The molecule has 1 aromatic carbocycles. The van der Waals surface area contributed by atoms with E-state index in [2.05, 4.69) is 36.5 Å². The average molecular weight is 209 g/mol. The summed E-state index contributed by atoms with van der Waals surface area (Å²) in [4.78, 5) is 0. The van der Waals surface area contributed by atoms with E-state index in [1.807, 2.05) is 6.07 Å². The summed E-state index contributed by atoms with van der Waals surface area (Å²) < 4.78 is 0.918. The lowest BCUT2D eigenvalue weighted by Gasteiger charge is -2.12. The van der Waals surface area contributed by atoms with Crippen molar-refractivity contribution >= 4 is 28.3 Å². The van der Waals surface area contributed by atoms with Crippen molar-refractivity contribution in [2.45, 2.75) is 18.2 Å². The zero-order chi connectivity index (χ0) is 9.26. The summed E-state index contributed by atoms with van der Waals surface area (Å²) in [5.41, 5.74) is 1.35. The highest BCUT2D eigenvalue weighted by Gasteiger charge is 2.28. The van der Waals surface area contributed by atoms with Crippen molar-refractivity contribution in [3.63, 3.8) is 0 Å². The number of hydrogen-bond acceptors (Lipinski definition) is 2. The monoisotopic (exact) mass is 209 g/mol. The average Bonchev–Trinajstić information content (AvgIpc) is 2.47. The molecule has 0 amide bonds. The van der Waals surface area contributed by atoms with Crippen molar-refractivity contribution in [1.29, 1.82) is 0 Å². The molecule has 0 saturated carbocycles. The fourth-order valence-corrected chi connectivity index (χ4v) is 3.06. The van der Waals surface area contributed by atoms with E-state index in [4.69, 9.17) is 12.2 Å². The maximum atomic E-state index is 5.12. The standard InChI is InChI=1S/C10H11NS2/c1-7-9(13-10(12)11-7)8-5-3-2-4-6-8/h2-7,9H,1H3,(H,11,12)/t7-,9+/m1/s1. The van der Waals surface area contributed by atoms with Crippen LogP contribution in [0.2, 0.25) is 0 Å². The van der Waals surface area contributed by atoms with Gasteiger partial charge in [-0.3, -0.25) is 0 Å². The molecule has 1 fully saturated rings. The van der Waals surface area contributed by atoms with Gasteiger partial charge in [-0.25, -0.2) is 0 Å². The highest BCUT2D eigenvalue weighted by Crippen LogP contribution is 2.37. The molecule has 0 bridgehead atoms. The van der Waals surface area contributed by atoms with E-state index in [0.29, 0.717) is 11.3 Å². The second-order valence-electron chi connectivity index (χ2n) is 3.17. The van der Waals surface area contributed by atoms with Crippen LogP contribution < -0.4 is 5.32 Å². The Kier molecular flexibility index (Phi) is 2.56. The Bertz CT molecular complexity index is 310. The van der Waals surface area contributed by atoms with E-state index in [1.54, 1.807) is 11.8 Å². The van der Waals surface area contributed by atoms with Crippen LogP contribution in [0.25, 0.3) is 0 Å². The maximum absolute atomic E-state index is 5.12. The third kappa shape index (κ3) is 1.86. The van der Waals surface area contributed by atoms with Crippen molar-refractivity contribution in [3.8, 4) is 0 Å². The summed E-state index contributed by atoms with van der Waals surface area (Å²) in [6, 6.07) is 10.9. The van der Waals surface area contributed by atoms with Gasteiger partial charge in [-0.05, 0) is 12.5 Å². The molecule has 0 unspecified atom stereocenters. The number of rotatable bonds is 1. The van der Waals surface area contributed by atoms with Crippen molar-refractivity contribution in [1.82, 2.24) is 5.32 Å². The molecular formula is C10H11NS2. The van der Waals surface area contributed by atoms with Gasteiger partial charge in [0.05, 0.1) is 5.25 Å². The van der Waals surface area contributed by atoms with Crippen LogP contribution in [0.5, 0.6) is 0 Å². The molecule has 68 valence electrons. The smallest absolute Gasteiger partial charge is 0.134 e. The summed E-state index contributed by atoms with van der Waals surface area (Å²) in [5, 5.41) is 3.74. The first-order chi connectivity index (χ1) is 6.27. The fraction of sp³-hybridized carbons (Fsp3) is 0.300. The Labute approximate surface area is 87.9 Å². The molecule has 13 heavy (non-hydrogen) atoms. The second kappa shape index (κ2) is 3.68.